The van der Waals surface area contributed by atoms with Gasteiger partial charge in [-0.25, -0.2) is 15.0 Å². The molecule has 0 fully saturated rings. The quantitative estimate of drug-likeness (QED) is 0.703. The van der Waals surface area contributed by atoms with Crippen molar-refractivity contribution >= 4 is 45.6 Å². The van der Waals surface area contributed by atoms with Crippen LogP contribution in [0.25, 0.3) is 0 Å². The van der Waals surface area contributed by atoms with Gasteiger partial charge in [-0.2, -0.15) is 0 Å². The molecular weight excluding hydrogens is 358 g/mol. The molecule has 6 nitrogen and oxygen atoms in total. The summed E-state index contributed by atoms with van der Waals surface area (Å²) in [7, 11) is 0. The fraction of sp³-hybridized carbons (Fsp3) is 0.176. The minimum Gasteiger partial charge on any atom is -0.320 e. The van der Waals surface area contributed by atoms with Crippen LogP contribution >= 0.6 is 22.9 Å². The minimum absolute atomic E-state index is 0.295. The van der Waals surface area contributed by atoms with Crippen LogP contribution in [0.4, 0.5) is 16.8 Å². The SMILES string of the molecule is Cc1cc(C)nc(Nc2nc(C(=O)Nc3cccc(Cl)c3C)cs2)n1. The molecule has 25 heavy (non-hydrogen) atoms. The van der Waals surface area contributed by atoms with Gasteiger partial charge in [-0.15, -0.1) is 11.3 Å². The van der Waals surface area contributed by atoms with Gasteiger partial charge in [0, 0.05) is 27.5 Å². The maximum absolute atomic E-state index is 12.4. The van der Waals surface area contributed by atoms with Crippen molar-refractivity contribution in [2.75, 3.05) is 10.6 Å². The van der Waals surface area contributed by atoms with E-state index in [0.717, 1.165) is 17.0 Å². The van der Waals surface area contributed by atoms with E-state index in [-0.39, 0.29) is 5.91 Å². The first-order valence-corrected chi connectivity index (χ1v) is 8.79. The number of anilines is 3. The largest absolute Gasteiger partial charge is 0.320 e. The van der Waals surface area contributed by atoms with Crippen LogP contribution < -0.4 is 10.6 Å². The number of aryl methyl sites for hydroxylation is 2. The third-order valence-electron chi connectivity index (χ3n) is 3.45. The molecule has 3 aromatic rings. The summed E-state index contributed by atoms with van der Waals surface area (Å²) in [6.45, 7) is 5.64. The number of rotatable bonds is 4. The van der Waals surface area contributed by atoms with Crippen LogP contribution in [0.15, 0.2) is 29.6 Å². The lowest BCUT2D eigenvalue weighted by molar-refractivity contribution is 0.102. The molecular formula is C17H16ClN5OS. The molecule has 128 valence electrons. The normalized spacial score (nSPS) is 10.6. The van der Waals surface area contributed by atoms with Crippen LogP contribution in [0.2, 0.25) is 5.02 Å². The van der Waals surface area contributed by atoms with Gasteiger partial charge in [-0.05, 0) is 44.5 Å². The Bertz CT molecular complexity index is 920. The highest BCUT2D eigenvalue weighted by Crippen LogP contribution is 2.24. The predicted molar refractivity (Wildman–Crippen MR) is 101 cm³/mol. The molecule has 0 aliphatic rings. The molecule has 2 N–H and O–H groups in total. The predicted octanol–water partition coefficient (Wildman–Crippen LogP) is 4.51. The lowest BCUT2D eigenvalue weighted by Gasteiger charge is -2.08. The van der Waals surface area contributed by atoms with Crippen molar-refractivity contribution in [3.63, 3.8) is 0 Å². The van der Waals surface area contributed by atoms with Gasteiger partial charge in [0.05, 0.1) is 0 Å². The van der Waals surface area contributed by atoms with Gasteiger partial charge in [0.15, 0.2) is 5.13 Å². The zero-order chi connectivity index (χ0) is 18.0. The van der Waals surface area contributed by atoms with Crippen LogP contribution in [0.5, 0.6) is 0 Å². The average Bonchev–Trinajstić information content (AvgIpc) is 2.99. The number of amides is 1. The van der Waals surface area contributed by atoms with E-state index in [9.17, 15) is 4.79 Å². The van der Waals surface area contributed by atoms with Gasteiger partial charge in [0.25, 0.3) is 5.91 Å². The Morgan fingerprint density at radius 1 is 1.12 bits per heavy atom. The molecule has 8 heteroatoms. The molecule has 0 bridgehead atoms. The summed E-state index contributed by atoms with van der Waals surface area (Å²) in [5.74, 6) is 0.167. The molecule has 0 saturated carbocycles. The van der Waals surface area contributed by atoms with Crippen LogP contribution in [-0.4, -0.2) is 20.9 Å². The monoisotopic (exact) mass is 373 g/mol. The Hall–Kier alpha value is -2.51. The summed E-state index contributed by atoms with van der Waals surface area (Å²) in [6.07, 6.45) is 0. The molecule has 3 rings (SSSR count). The van der Waals surface area contributed by atoms with Crippen molar-refractivity contribution in [3.8, 4) is 0 Å². The van der Waals surface area contributed by atoms with Crippen LogP contribution in [0, 0.1) is 20.8 Å². The maximum Gasteiger partial charge on any atom is 0.275 e. The number of aromatic nitrogens is 3. The summed E-state index contributed by atoms with van der Waals surface area (Å²) in [4.78, 5) is 25.3. The van der Waals surface area contributed by atoms with Gasteiger partial charge >= 0.3 is 0 Å². The van der Waals surface area contributed by atoms with Crippen molar-refractivity contribution in [1.82, 2.24) is 15.0 Å². The zero-order valence-electron chi connectivity index (χ0n) is 13.9. The van der Waals surface area contributed by atoms with Gasteiger partial charge in [0.2, 0.25) is 5.95 Å². The number of nitrogens with one attached hydrogen (secondary N) is 2. The molecule has 1 aromatic carbocycles. The Morgan fingerprint density at radius 3 is 2.56 bits per heavy atom. The number of thiazole rings is 1. The molecule has 2 heterocycles. The molecule has 1 amide bonds. The topological polar surface area (TPSA) is 79.8 Å². The van der Waals surface area contributed by atoms with Crippen molar-refractivity contribution in [1.29, 1.82) is 0 Å². The number of nitrogens with zero attached hydrogens (tertiary/aromatic N) is 3. The lowest BCUT2D eigenvalue weighted by Crippen LogP contribution is -2.13. The number of benzene rings is 1. The van der Waals surface area contributed by atoms with Crippen molar-refractivity contribution in [3.05, 3.63) is 57.3 Å². The Balaban J connectivity index is 1.74. The van der Waals surface area contributed by atoms with E-state index >= 15 is 0 Å². The highest BCUT2D eigenvalue weighted by Gasteiger charge is 2.13. The average molecular weight is 374 g/mol. The number of halogens is 1. The third-order valence-corrected chi connectivity index (χ3v) is 4.62. The smallest absolute Gasteiger partial charge is 0.275 e. The first-order valence-electron chi connectivity index (χ1n) is 7.53. The molecule has 0 aliphatic heterocycles. The standard InChI is InChI=1S/C17H16ClN5OS/c1-9-7-10(2)20-16(19-9)23-17-22-14(8-25-17)15(24)21-13-6-4-5-12(18)11(13)3/h4-8H,1-3H3,(H,21,24)(H,19,20,22,23). The van der Waals surface area contributed by atoms with Gasteiger partial charge in [0.1, 0.15) is 5.69 Å². The summed E-state index contributed by atoms with van der Waals surface area (Å²) in [5, 5.41) is 8.69. The second kappa shape index (κ2) is 7.16. The van der Waals surface area contributed by atoms with E-state index in [0.29, 0.717) is 27.5 Å². The van der Waals surface area contributed by atoms with E-state index < -0.39 is 0 Å². The number of carbonyl (C=O) groups excluding carboxylic acids is 1. The number of hydrogen-bond donors (Lipinski definition) is 2. The van der Waals surface area contributed by atoms with Gasteiger partial charge in [-0.3, -0.25) is 4.79 Å². The van der Waals surface area contributed by atoms with Crippen molar-refractivity contribution < 1.29 is 4.79 Å². The van der Waals surface area contributed by atoms with Crippen molar-refractivity contribution in [2.45, 2.75) is 20.8 Å². The van der Waals surface area contributed by atoms with E-state index in [2.05, 4.69) is 25.6 Å². The highest BCUT2D eigenvalue weighted by atomic mass is 35.5. The van der Waals surface area contributed by atoms with E-state index in [1.807, 2.05) is 26.8 Å². The zero-order valence-corrected chi connectivity index (χ0v) is 15.5. The lowest BCUT2D eigenvalue weighted by atomic mass is 10.2. The fourth-order valence-electron chi connectivity index (χ4n) is 2.24. The van der Waals surface area contributed by atoms with E-state index in [1.165, 1.54) is 11.3 Å². The van der Waals surface area contributed by atoms with Crippen LogP contribution in [0.1, 0.15) is 27.4 Å². The van der Waals surface area contributed by atoms with Crippen LogP contribution in [-0.2, 0) is 0 Å². The van der Waals surface area contributed by atoms with Crippen molar-refractivity contribution in [2.24, 2.45) is 0 Å². The third kappa shape index (κ3) is 4.12. The summed E-state index contributed by atoms with van der Waals surface area (Å²) < 4.78 is 0. The summed E-state index contributed by atoms with van der Waals surface area (Å²) in [6, 6.07) is 7.25. The number of hydrogen-bond acceptors (Lipinski definition) is 6. The molecule has 0 radical (unpaired) electrons. The summed E-state index contributed by atoms with van der Waals surface area (Å²) in [5.41, 5.74) is 3.52. The minimum atomic E-state index is -0.295. The highest BCUT2D eigenvalue weighted by molar-refractivity contribution is 7.14. The maximum atomic E-state index is 12.4. The first-order chi connectivity index (χ1) is 11.9. The van der Waals surface area contributed by atoms with Crippen LogP contribution in [0.3, 0.4) is 0 Å². The fourth-order valence-corrected chi connectivity index (χ4v) is 3.10. The molecule has 2 aromatic heterocycles. The molecule has 0 aliphatic carbocycles. The Kier molecular flexibility index (Phi) is 4.96. The molecule has 0 spiro atoms. The number of carbonyl (C=O) groups is 1. The molecule has 0 unspecified atom stereocenters. The Labute approximate surface area is 154 Å². The van der Waals surface area contributed by atoms with E-state index in [1.54, 1.807) is 23.6 Å². The second-order valence-corrected chi connectivity index (χ2v) is 6.77. The van der Waals surface area contributed by atoms with Gasteiger partial charge in [-0.1, -0.05) is 17.7 Å². The van der Waals surface area contributed by atoms with Gasteiger partial charge < -0.3 is 10.6 Å². The first kappa shape index (κ1) is 17.3. The summed E-state index contributed by atoms with van der Waals surface area (Å²) >= 11 is 7.39. The Morgan fingerprint density at radius 2 is 1.84 bits per heavy atom. The molecule has 0 saturated heterocycles. The second-order valence-electron chi connectivity index (χ2n) is 5.50. The molecule has 0 atom stereocenters. The van der Waals surface area contributed by atoms with E-state index in [4.69, 9.17) is 11.6 Å².